The van der Waals surface area contributed by atoms with Gasteiger partial charge in [-0.3, -0.25) is 4.79 Å². The van der Waals surface area contributed by atoms with Gasteiger partial charge >= 0.3 is 0 Å². The van der Waals surface area contributed by atoms with Crippen molar-refractivity contribution in [3.63, 3.8) is 0 Å². The molecular formula is C29H28N4O2. The number of aromatic amines is 1. The zero-order valence-corrected chi connectivity index (χ0v) is 19.8. The van der Waals surface area contributed by atoms with E-state index in [1.807, 2.05) is 65.0 Å². The van der Waals surface area contributed by atoms with Crippen molar-refractivity contribution in [2.45, 2.75) is 32.3 Å². The van der Waals surface area contributed by atoms with Crippen LogP contribution in [-0.2, 0) is 6.61 Å². The van der Waals surface area contributed by atoms with Crippen LogP contribution in [0.5, 0.6) is 5.75 Å². The number of likely N-dealkylation sites (tertiary alicyclic amines) is 1. The lowest BCUT2D eigenvalue weighted by atomic mass is 9.89. The molecule has 6 nitrogen and oxygen atoms in total. The summed E-state index contributed by atoms with van der Waals surface area (Å²) in [6.45, 7) is 3.98. The minimum absolute atomic E-state index is 0.0877. The van der Waals surface area contributed by atoms with Crippen LogP contribution in [0.4, 0.5) is 0 Å². The number of carbonyl (C=O) groups excluding carboxylic acids is 1. The summed E-state index contributed by atoms with van der Waals surface area (Å²) in [5.41, 5.74) is 6.20. The Morgan fingerprint density at radius 2 is 1.86 bits per heavy atom. The van der Waals surface area contributed by atoms with Crippen molar-refractivity contribution in [1.29, 1.82) is 0 Å². The lowest BCUT2D eigenvalue weighted by molar-refractivity contribution is 0.0713. The van der Waals surface area contributed by atoms with E-state index in [0.717, 1.165) is 48.6 Å². The second-order valence-electron chi connectivity index (χ2n) is 9.32. The third-order valence-electron chi connectivity index (χ3n) is 7.06. The second kappa shape index (κ2) is 8.95. The van der Waals surface area contributed by atoms with Gasteiger partial charge in [0, 0.05) is 48.1 Å². The molecular weight excluding hydrogens is 436 g/mol. The molecule has 5 aromatic rings. The van der Waals surface area contributed by atoms with Gasteiger partial charge in [0.1, 0.15) is 18.0 Å². The largest absolute Gasteiger partial charge is 0.487 e. The number of aromatic nitrogens is 3. The first-order valence-electron chi connectivity index (χ1n) is 12.2. The van der Waals surface area contributed by atoms with Crippen LogP contribution in [-0.4, -0.2) is 38.3 Å². The van der Waals surface area contributed by atoms with E-state index >= 15 is 0 Å². The fraction of sp³-hybridized carbons (Fsp3) is 0.241. The molecule has 2 aromatic carbocycles. The number of hydrogen-bond acceptors (Lipinski definition) is 3. The second-order valence-corrected chi connectivity index (χ2v) is 9.32. The molecule has 1 fully saturated rings. The molecule has 0 spiro atoms. The molecule has 35 heavy (non-hydrogen) atoms. The minimum Gasteiger partial charge on any atom is -0.487 e. The topological polar surface area (TPSA) is 62.6 Å². The number of imidazole rings is 1. The number of nitrogens with one attached hydrogen (secondary N) is 1. The van der Waals surface area contributed by atoms with Crippen molar-refractivity contribution < 1.29 is 9.53 Å². The van der Waals surface area contributed by atoms with Crippen LogP contribution in [0.2, 0.25) is 0 Å². The van der Waals surface area contributed by atoms with Crippen LogP contribution >= 0.6 is 0 Å². The monoisotopic (exact) mass is 464 g/mol. The average molecular weight is 465 g/mol. The number of carbonyl (C=O) groups is 1. The molecule has 1 saturated heterocycles. The van der Waals surface area contributed by atoms with E-state index in [-0.39, 0.29) is 5.91 Å². The third-order valence-corrected chi connectivity index (χ3v) is 7.06. The first-order chi connectivity index (χ1) is 17.2. The Labute approximate surface area is 204 Å². The first kappa shape index (κ1) is 21.5. The molecule has 1 aliphatic heterocycles. The molecule has 176 valence electrons. The lowest BCUT2D eigenvalue weighted by Crippen LogP contribution is -2.37. The number of para-hydroxylation sites is 1. The number of H-pyrrole nitrogens is 1. The maximum absolute atomic E-state index is 13.1. The number of pyridine rings is 1. The van der Waals surface area contributed by atoms with Crippen molar-refractivity contribution in [1.82, 2.24) is 19.3 Å². The quantitative estimate of drug-likeness (QED) is 0.362. The fourth-order valence-electron chi connectivity index (χ4n) is 5.13. The minimum atomic E-state index is 0.0877. The molecule has 1 amide bonds. The summed E-state index contributed by atoms with van der Waals surface area (Å²) < 4.78 is 7.94. The van der Waals surface area contributed by atoms with Gasteiger partial charge in [0.05, 0.1) is 5.69 Å². The maximum Gasteiger partial charge on any atom is 0.253 e. The van der Waals surface area contributed by atoms with Gasteiger partial charge in [-0.05, 0) is 73.2 Å². The van der Waals surface area contributed by atoms with Crippen LogP contribution in [0.3, 0.4) is 0 Å². The molecule has 1 N–H and O–H groups in total. The Hall–Kier alpha value is -4.06. The standard InChI is InChI=1S/C29H28N4O2/c1-20-5-4-14-33-18-23(31-28(20)33)19-35-24-10-8-22(9-11-24)29(34)32-15-12-21(13-16-32)26-17-30-27-7-3-2-6-25(26)27/h2-11,14,17-18,21,30H,12-13,15-16,19H2,1H3. The summed E-state index contributed by atoms with van der Waals surface area (Å²) in [6.07, 6.45) is 8.07. The number of fused-ring (bicyclic) bond motifs is 2. The highest BCUT2D eigenvalue weighted by Gasteiger charge is 2.26. The molecule has 0 atom stereocenters. The number of benzene rings is 2. The van der Waals surface area contributed by atoms with Gasteiger partial charge in [-0.15, -0.1) is 0 Å². The van der Waals surface area contributed by atoms with Gasteiger partial charge in [-0.1, -0.05) is 24.3 Å². The summed E-state index contributed by atoms with van der Waals surface area (Å²) >= 11 is 0. The predicted octanol–water partition coefficient (Wildman–Crippen LogP) is 5.72. The van der Waals surface area contributed by atoms with Crippen molar-refractivity contribution in [3.8, 4) is 5.75 Å². The Morgan fingerprint density at radius 3 is 2.66 bits per heavy atom. The van der Waals surface area contributed by atoms with Crippen LogP contribution < -0.4 is 4.74 Å². The van der Waals surface area contributed by atoms with Crippen molar-refractivity contribution in [2.24, 2.45) is 0 Å². The highest BCUT2D eigenvalue weighted by molar-refractivity contribution is 5.94. The SMILES string of the molecule is Cc1cccn2cc(COc3ccc(C(=O)N4CCC(c5c[nH]c6ccccc56)CC4)cc3)nc12. The van der Waals surface area contributed by atoms with Crippen LogP contribution in [0, 0.1) is 6.92 Å². The van der Waals surface area contributed by atoms with E-state index in [9.17, 15) is 4.79 Å². The number of ether oxygens (including phenoxy) is 1. The van der Waals surface area contributed by atoms with Crippen LogP contribution in [0.15, 0.2) is 79.3 Å². The molecule has 0 saturated carbocycles. The van der Waals surface area contributed by atoms with Gasteiger partial charge in [0.15, 0.2) is 0 Å². The Bertz CT molecular complexity index is 1490. The smallest absolute Gasteiger partial charge is 0.253 e. The molecule has 0 bridgehead atoms. The first-order valence-corrected chi connectivity index (χ1v) is 12.2. The van der Waals surface area contributed by atoms with E-state index in [0.29, 0.717) is 18.1 Å². The van der Waals surface area contributed by atoms with Gasteiger partial charge in [0.25, 0.3) is 5.91 Å². The molecule has 1 aliphatic rings. The van der Waals surface area contributed by atoms with E-state index in [1.165, 1.54) is 16.5 Å². The van der Waals surface area contributed by atoms with Crippen LogP contribution in [0.25, 0.3) is 16.6 Å². The van der Waals surface area contributed by atoms with E-state index in [1.54, 1.807) is 0 Å². The molecule has 0 radical (unpaired) electrons. The third kappa shape index (κ3) is 4.16. The number of piperidine rings is 1. The van der Waals surface area contributed by atoms with Gasteiger partial charge < -0.3 is 19.0 Å². The van der Waals surface area contributed by atoms with Gasteiger partial charge in [-0.2, -0.15) is 0 Å². The van der Waals surface area contributed by atoms with Crippen LogP contribution in [0.1, 0.15) is 45.9 Å². The van der Waals surface area contributed by atoms with E-state index in [2.05, 4.69) is 40.4 Å². The Balaban J connectivity index is 1.06. The molecule has 4 heterocycles. The van der Waals surface area contributed by atoms with Gasteiger partial charge in [0.2, 0.25) is 0 Å². The summed E-state index contributed by atoms with van der Waals surface area (Å²) in [4.78, 5) is 23.1. The van der Waals surface area contributed by atoms with E-state index in [4.69, 9.17) is 4.74 Å². The summed E-state index contributed by atoms with van der Waals surface area (Å²) in [5.74, 6) is 1.30. The van der Waals surface area contributed by atoms with E-state index < -0.39 is 0 Å². The lowest BCUT2D eigenvalue weighted by Gasteiger charge is -2.32. The highest BCUT2D eigenvalue weighted by atomic mass is 16.5. The number of aryl methyl sites for hydroxylation is 1. The Morgan fingerprint density at radius 1 is 1.06 bits per heavy atom. The Kier molecular flexibility index (Phi) is 5.49. The molecule has 6 heteroatoms. The van der Waals surface area contributed by atoms with Crippen molar-refractivity contribution in [3.05, 3.63) is 102 Å². The fourth-order valence-corrected chi connectivity index (χ4v) is 5.13. The zero-order chi connectivity index (χ0) is 23.8. The maximum atomic E-state index is 13.1. The average Bonchev–Trinajstić information content (AvgIpc) is 3.53. The van der Waals surface area contributed by atoms with Crippen molar-refractivity contribution in [2.75, 3.05) is 13.1 Å². The van der Waals surface area contributed by atoms with Crippen molar-refractivity contribution >= 4 is 22.5 Å². The number of hydrogen-bond donors (Lipinski definition) is 1. The summed E-state index contributed by atoms with van der Waals surface area (Å²) in [5, 5.41) is 1.30. The predicted molar refractivity (Wildman–Crippen MR) is 137 cm³/mol. The van der Waals surface area contributed by atoms with Gasteiger partial charge in [-0.25, -0.2) is 4.98 Å². The molecule has 6 rings (SSSR count). The number of rotatable bonds is 5. The molecule has 3 aromatic heterocycles. The summed E-state index contributed by atoms with van der Waals surface area (Å²) in [7, 11) is 0. The molecule has 0 unspecified atom stereocenters. The number of nitrogens with zero attached hydrogens (tertiary/aromatic N) is 3. The highest BCUT2D eigenvalue weighted by Crippen LogP contribution is 2.33. The molecule has 0 aliphatic carbocycles. The number of amides is 1. The normalized spacial score (nSPS) is 14.6. The summed E-state index contributed by atoms with van der Waals surface area (Å²) in [6, 6.07) is 19.9. The zero-order valence-electron chi connectivity index (χ0n) is 19.8.